The van der Waals surface area contributed by atoms with E-state index in [1.54, 1.807) is 12.5 Å². The predicted molar refractivity (Wildman–Crippen MR) is 86.6 cm³/mol. The van der Waals surface area contributed by atoms with E-state index in [-0.39, 0.29) is 5.91 Å². The van der Waals surface area contributed by atoms with Crippen molar-refractivity contribution in [3.63, 3.8) is 0 Å². The lowest BCUT2D eigenvalue weighted by molar-refractivity contribution is -0.134. The lowest BCUT2D eigenvalue weighted by Gasteiger charge is -2.33. The van der Waals surface area contributed by atoms with Gasteiger partial charge in [-0.3, -0.25) is 4.79 Å². The van der Waals surface area contributed by atoms with Crippen LogP contribution in [0.3, 0.4) is 0 Å². The van der Waals surface area contributed by atoms with Crippen LogP contribution in [-0.4, -0.2) is 35.3 Å². The van der Waals surface area contributed by atoms with E-state index in [9.17, 15) is 4.79 Å². The molecule has 124 valence electrons. The molecule has 1 aliphatic rings. The summed E-state index contributed by atoms with van der Waals surface area (Å²) in [6.45, 7) is 2.03. The molecule has 1 amide bonds. The first kappa shape index (κ1) is 15.9. The Balaban J connectivity index is 1.67. The number of nitrogens with zero attached hydrogens (tertiary/aromatic N) is 2. The van der Waals surface area contributed by atoms with Crippen LogP contribution in [0, 0.1) is 0 Å². The molecule has 0 aliphatic carbocycles. The van der Waals surface area contributed by atoms with E-state index in [2.05, 4.69) is 11.9 Å². The highest BCUT2D eigenvalue weighted by Gasteiger charge is 2.25. The number of carbonyl (C=O) groups is 1. The Hall–Kier alpha value is -2.01. The van der Waals surface area contributed by atoms with Crippen molar-refractivity contribution < 1.29 is 13.6 Å². The third-order valence-corrected chi connectivity index (χ3v) is 4.54. The van der Waals surface area contributed by atoms with Gasteiger partial charge in [-0.2, -0.15) is 0 Å². The molecule has 0 bridgehead atoms. The maximum absolute atomic E-state index is 12.8. The summed E-state index contributed by atoms with van der Waals surface area (Å²) >= 11 is 0. The summed E-state index contributed by atoms with van der Waals surface area (Å²) in [5.41, 5.74) is 0. The summed E-state index contributed by atoms with van der Waals surface area (Å²) in [4.78, 5) is 16.9. The number of furan rings is 2. The predicted octanol–water partition coefficient (Wildman–Crippen LogP) is 3.28. The van der Waals surface area contributed by atoms with Gasteiger partial charge in [0.1, 0.15) is 11.5 Å². The largest absolute Gasteiger partial charge is 0.467 e. The Morgan fingerprint density at radius 3 is 2.35 bits per heavy atom. The number of likely N-dealkylation sites (tertiary alicyclic amines) is 1. The van der Waals surface area contributed by atoms with E-state index >= 15 is 0 Å². The van der Waals surface area contributed by atoms with Crippen molar-refractivity contribution in [1.29, 1.82) is 0 Å². The average Bonchev–Trinajstić information content (AvgIpc) is 3.22. The van der Waals surface area contributed by atoms with Crippen molar-refractivity contribution in [2.45, 2.75) is 44.8 Å². The van der Waals surface area contributed by atoms with Crippen molar-refractivity contribution >= 4 is 5.91 Å². The number of rotatable bonds is 6. The summed E-state index contributed by atoms with van der Waals surface area (Å²) in [7, 11) is 2.11. The van der Waals surface area contributed by atoms with Gasteiger partial charge >= 0.3 is 0 Å². The zero-order valence-electron chi connectivity index (χ0n) is 13.6. The zero-order valence-corrected chi connectivity index (χ0v) is 13.6. The van der Waals surface area contributed by atoms with Gasteiger partial charge in [0.2, 0.25) is 5.91 Å². The molecule has 5 heteroatoms. The molecule has 1 atom stereocenters. The lowest BCUT2D eigenvalue weighted by Crippen LogP contribution is -2.41. The highest BCUT2D eigenvalue weighted by atomic mass is 16.3. The molecule has 23 heavy (non-hydrogen) atoms. The van der Waals surface area contributed by atoms with E-state index in [1.165, 1.54) is 12.8 Å². The molecule has 0 aromatic carbocycles. The molecule has 3 heterocycles. The second kappa shape index (κ2) is 7.51. The number of piperidine rings is 1. The molecule has 1 fully saturated rings. The molecular weight excluding hydrogens is 292 g/mol. The topological polar surface area (TPSA) is 49.8 Å². The normalized spacial score (nSPS) is 18.9. The first-order chi connectivity index (χ1) is 11.2. The van der Waals surface area contributed by atoms with Gasteiger partial charge in [0.25, 0.3) is 0 Å². The van der Waals surface area contributed by atoms with Crippen LogP contribution in [0.5, 0.6) is 0 Å². The summed E-state index contributed by atoms with van der Waals surface area (Å²) < 4.78 is 10.8. The van der Waals surface area contributed by atoms with Crippen LogP contribution in [0.4, 0.5) is 0 Å². The zero-order chi connectivity index (χ0) is 16.1. The Morgan fingerprint density at radius 2 is 1.83 bits per heavy atom. The van der Waals surface area contributed by atoms with Crippen LogP contribution in [-0.2, 0) is 17.9 Å². The monoisotopic (exact) mass is 316 g/mol. The maximum atomic E-state index is 12.8. The van der Waals surface area contributed by atoms with Crippen LogP contribution in [0.2, 0.25) is 0 Å². The first-order valence-electron chi connectivity index (χ1n) is 8.25. The quantitative estimate of drug-likeness (QED) is 0.820. The number of carbonyl (C=O) groups excluding carboxylic acids is 1. The fourth-order valence-electron chi connectivity index (χ4n) is 3.15. The summed E-state index contributed by atoms with van der Waals surface area (Å²) in [6.07, 6.45) is 7.36. The highest BCUT2D eigenvalue weighted by molar-refractivity contribution is 5.76. The van der Waals surface area contributed by atoms with Crippen molar-refractivity contribution in [2.75, 3.05) is 13.6 Å². The van der Waals surface area contributed by atoms with E-state index in [0.29, 0.717) is 25.6 Å². The van der Waals surface area contributed by atoms with Gasteiger partial charge in [0.15, 0.2) is 0 Å². The molecule has 2 aromatic heterocycles. The third-order valence-electron chi connectivity index (χ3n) is 4.54. The summed E-state index contributed by atoms with van der Waals surface area (Å²) in [6, 6.07) is 7.83. The van der Waals surface area contributed by atoms with Crippen LogP contribution in [0.1, 0.15) is 37.2 Å². The maximum Gasteiger partial charge on any atom is 0.224 e. The van der Waals surface area contributed by atoms with Crippen molar-refractivity contribution in [2.24, 2.45) is 0 Å². The second-order valence-electron chi connectivity index (χ2n) is 6.24. The number of hydrogen-bond acceptors (Lipinski definition) is 4. The van der Waals surface area contributed by atoms with Gasteiger partial charge in [0, 0.05) is 12.5 Å². The molecule has 0 radical (unpaired) electrons. The highest BCUT2D eigenvalue weighted by Crippen LogP contribution is 2.20. The smallest absolute Gasteiger partial charge is 0.224 e. The van der Waals surface area contributed by atoms with Gasteiger partial charge in [0.05, 0.1) is 25.6 Å². The van der Waals surface area contributed by atoms with Gasteiger partial charge < -0.3 is 18.6 Å². The minimum atomic E-state index is 0.150. The van der Waals surface area contributed by atoms with Crippen molar-refractivity contribution in [3.05, 3.63) is 48.3 Å². The van der Waals surface area contributed by atoms with E-state index in [1.807, 2.05) is 29.2 Å². The molecular formula is C18H24N2O3. The SMILES string of the molecule is CN1CCCCC1CC(=O)N(Cc1ccco1)Cc1ccco1. The molecule has 2 aromatic rings. The van der Waals surface area contributed by atoms with Crippen LogP contribution >= 0.6 is 0 Å². The first-order valence-corrected chi connectivity index (χ1v) is 8.25. The van der Waals surface area contributed by atoms with Gasteiger partial charge in [-0.25, -0.2) is 0 Å². The van der Waals surface area contributed by atoms with Crippen LogP contribution in [0.25, 0.3) is 0 Å². The van der Waals surface area contributed by atoms with Gasteiger partial charge in [-0.1, -0.05) is 6.42 Å². The van der Waals surface area contributed by atoms with Crippen molar-refractivity contribution in [1.82, 2.24) is 9.80 Å². The molecule has 0 saturated carbocycles. The Morgan fingerprint density at radius 1 is 1.17 bits per heavy atom. The molecule has 1 unspecified atom stereocenters. The van der Waals surface area contributed by atoms with E-state index in [0.717, 1.165) is 24.5 Å². The lowest BCUT2D eigenvalue weighted by atomic mass is 9.99. The fraction of sp³-hybridized carbons (Fsp3) is 0.500. The van der Waals surface area contributed by atoms with Crippen LogP contribution in [0.15, 0.2) is 45.6 Å². The van der Waals surface area contributed by atoms with Crippen molar-refractivity contribution in [3.8, 4) is 0 Å². The van der Waals surface area contributed by atoms with Gasteiger partial charge in [-0.15, -0.1) is 0 Å². The molecule has 0 N–H and O–H groups in total. The Labute approximate surface area is 136 Å². The third kappa shape index (κ3) is 4.26. The standard InChI is InChI=1S/C18H24N2O3/c1-19-9-3-2-6-15(19)12-18(21)20(13-16-7-4-10-22-16)14-17-8-5-11-23-17/h4-5,7-8,10-11,15H,2-3,6,9,12-14H2,1H3. The fourth-order valence-corrected chi connectivity index (χ4v) is 3.15. The van der Waals surface area contributed by atoms with E-state index in [4.69, 9.17) is 8.83 Å². The second-order valence-corrected chi connectivity index (χ2v) is 6.24. The summed E-state index contributed by atoms with van der Waals surface area (Å²) in [5, 5.41) is 0. The average molecular weight is 316 g/mol. The van der Waals surface area contributed by atoms with E-state index < -0.39 is 0 Å². The molecule has 0 spiro atoms. The minimum absolute atomic E-state index is 0.150. The Bertz CT molecular complexity index is 556. The van der Waals surface area contributed by atoms with Gasteiger partial charge in [-0.05, 0) is 50.7 Å². The molecule has 5 nitrogen and oxygen atoms in total. The molecule has 1 aliphatic heterocycles. The molecule has 1 saturated heterocycles. The minimum Gasteiger partial charge on any atom is -0.467 e. The number of hydrogen-bond donors (Lipinski definition) is 0. The number of amides is 1. The van der Waals surface area contributed by atoms with Crippen LogP contribution < -0.4 is 0 Å². The molecule has 3 rings (SSSR count). The Kier molecular flexibility index (Phi) is 5.18. The summed E-state index contributed by atoms with van der Waals surface area (Å²) in [5.74, 6) is 1.74.